The molecule has 7 heteroatoms. The van der Waals surface area contributed by atoms with Crippen LogP contribution in [0.3, 0.4) is 0 Å². The number of esters is 1. The molecule has 3 atom stereocenters. The Labute approximate surface area is 308 Å². The van der Waals surface area contributed by atoms with Crippen LogP contribution in [0, 0.1) is 16.7 Å². The first-order valence-electron chi connectivity index (χ1n) is 18.1. The van der Waals surface area contributed by atoms with Crippen molar-refractivity contribution in [2.75, 3.05) is 5.75 Å². The fraction of sp³-hybridized carbons (Fsp3) is 0.267. The summed E-state index contributed by atoms with van der Waals surface area (Å²) in [6, 6.07) is 48.0. The van der Waals surface area contributed by atoms with Crippen molar-refractivity contribution in [3.8, 4) is 0 Å². The molecular formula is C45H45O5PS. The number of fused-ring (bicyclic) bond motifs is 2. The molecule has 5 aromatic rings. The Morgan fingerprint density at radius 1 is 0.692 bits per heavy atom. The van der Waals surface area contributed by atoms with E-state index < -0.39 is 39.6 Å². The fourth-order valence-electron chi connectivity index (χ4n) is 8.99. The molecule has 0 amide bonds. The van der Waals surface area contributed by atoms with Crippen molar-refractivity contribution >= 4 is 49.7 Å². The zero-order valence-corrected chi connectivity index (χ0v) is 31.4. The second-order valence-corrected chi connectivity index (χ2v) is 20.1. The number of benzene rings is 5. The van der Waals surface area contributed by atoms with Crippen LogP contribution in [0.2, 0.25) is 0 Å². The van der Waals surface area contributed by atoms with Gasteiger partial charge in [0.05, 0.1) is 10.6 Å². The third-order valence-electron chi connectivity index (χ3n) is 11.9. The summed E-state index contributed by atoms with van der Waals surface area (Å²) < 4.78 is 34.9. The predicted molar refractivity (Wildman–Crippen MR) is 212 cm³/mol. The maximum absolute atomic E-state index is 15.4. The number of carbonyl (C=O) groups is 2. The Balaban J connectivity index is 1.42. The average Bonchev–Trinajstić information content (AvgIpc) is 3.53. The lowest BCUT2D eigenvalue weighted by Crippen LogP contribution is -2.48. The Kier molecular flexibility index (Phi) is 9.99. The maximum atomic E-state index is 15.4. The molecule has 0 unspecified atom stereocenters. The SMILES string of the molecule is CC1(C)[C@H]2CC[C@]1(CS(=O)(=O)c1ccccc1)[C@@H](OC(=O)C(C(=O)CCc1ccccc1)=P(c1ccccc1)(c1ccccc1)c1ccccc1)C2. The second kappa shape index (κ2) is 14.5. The molecule has 0 N–H and O–H groups in total. The van der Waals surface area contributed by atoms with E-state index in [2.05, 4.69) is 13.8 Å². The number of Topliss-reactive ketones (excluding diaryl/α,β-unsaturated/α-hetero) is 1. The zero-order chi connectivity index (χ0) is 36.4. The molecule has 5 nitrogen and oxygen atoms in total. The summed E-state index contributed by atoms with van der Waals surface area (Å²) >= 11 is 0. The number of hydrogen-bond donors (Lipinski definition) is 0. The number of ether oxygens (including phenoxy) is 1. The van der Waals surface area contributed by atoms with Crippen molar-refractivity contribution in [3.63, 3.8) is 0 Å². The van der Waals surface area contributed by atoms with Gasteiger partial charge in [0.2, 0.25) is 0 Å². The monoisotopic (exact) mass is 728 g/mol. The van der Waals surface area contributed by atoms with Gasteiger partial charge in [-0.1, -0.05) is 153 Å². The number of hydrogen-bond acceptors (Lipinski definition) is 5. The minimum atomic E-state index is -3.72. The molecule has 0 aliphatic heterocycles. The number of ketones is 1. The van der Waals surface area contributed by atoms with Crippen LogP contribution in [-0.4, -0.2) is 37.3 Å². The summed E-state index contributed by atoms with van der Waals surface area (Å²) in [5.41, 5.74) is -0.207. The normalized spacial score (nSPS) is 20.7. The first kappa shape index (κ1) is 35.9. The second-order valence-electron chi connectivity index (χ2n) is 14.8. The van der Waals surface area contributed by atoms with E-state index in [4.69, 9.17) is 4.74 Å². The van der Waals surface area contributed by atoms with E-state index in [0.717, 1.165) is 27.9 Å². The average molecular weight is 729 g/mol. The summed E-state index contributed by atoms with van der Waals surface area (Å²) in [6.45, 7) is 1.12. The highest BCUT2D eigenvalue weighted by Crippen LogP contribution is 2.67. The van der Waals surface area contributed by atoms with Gasteiger partial charge in [-0.15, -0.1) is 0 Å². The van der Waals surface area contributed by atoms with Gasteiger partial charge in [-0.2, -0.15) is 0 Å². The summed E-state index contributed by atoms with van der Waals surface area (Å²) in [6.07, 6.45) is 1.96. The third kappa shape index (κ3) is 6.31. The molecule has 52 heavy (non-hydrogen) atoms. The van der Waals surface area contributed by atoms with Crippen LogP contribution in [-0.2, 0) is 30.6 Å². The topological polar surface area (TPSA) is 77.5 Å². The zero-order valence-electron chi connectivity index (χ0n) is 29.7. The smallest absolute Gasteiger partial charge is 0.343 e. The van der Waals surface area contributed by atoms with Gasteiger partial charge in [0, 0.05) is 11.8 Å². The number of rotatable bonds is 12. The van der Waals surface area contributed by atoms with Gasteiger partial charge in [-0.3, -0.25) is 4.79 Å². The van der Waals surface area contributed by atoms with E-state index in [-0.39, 0.29) is 34.1 Å². The molecule has 0 aromatic heterocycles. The third-order valence-corrected chi connectivity index (χ3v) is 18.1. The lowest BCUT2D eigenvalue weighted by atomic mass is 9.69. The van der Waals surface area contributed by atoms with E-state index in [1.165, 1.54) is 0 Å². The molecule has 2 saturated carbocycles. The Bertz CT molecular complexity index is 2100. The van der Waals surface area contributed by atoms with Crippen molar-refractivity contribution in [1.29, 1.82) is 0 Å². The molecule has 266 valence electrons. The number of carbonyl (C=O) groups excluding carboxylic acids is 2. The van der Waals surface area contributed by atoms with E-state index in [9.17, 15) is 8.42 Å². The first-order chi connectivity index (χ1) is 25.1. The molecule has 0 heterocycles. The van der Waals surface area contributed by atoms with Gasteiger partial charge in [0.15, 0.2) is 15.6 Å². The predicted octanol–water partition coefficient (Wildman–Crippen LogP) is 7.57. The standard InChI is InChI=1S/C45H45O5PS/c1-44(2)35-30-31-45(44,33-52(48,49)39-26-16-7-17-27-39)41(32-35)50-43(47)42(40(46)29-28-34-18-8-3-9-19-34)51(36-20-10-4-11-21-36,37-22-12-5-13-23-37)38-24-14-6-15-25-38/h3-27,35,41H,28-33H2,1-2H3/t35-,41-,45-/m0/s1. The number of sulfone groups is 1. The highest BCUT2D eigenvalue weighted by Gasteiger charge is 2.67. The van der Waals surface area contributed by atoms with Crippen LogP contribution in [0.25, 0.3) is 0 Å². The minimum Gasteiger partial charge on any atom is -0.458 e. The van der Waals surface area contributed by atoms with Crippen LogP contribution < -0.4 is 15.9 Å². The summed E-state index contributed by atoms with van der Waals surface area (Å²) in [5, 5.41) is 2.78. The quantitative estimate of drug-likeness (QED) is 0.0753. The van der Waals surface area contributed by atoms with Crippen LogP contribution in [0.1, 0.15) is 45.1 Å². The van der Waals surface area contributed by atoms with E-state index in [0.29, 0.717) is 19.3 Å². The Morgan fingerprint density at radius 2 is 1.15 bits per heavy atom. The molecule has 0 radical (unpaired) electrons. The molecule has 2 bridgehead atoms. The van der Waals surface area contributed by atoms with Gasteiger partial charge in [-0.05, 0) is 77.5 Å². The molecule has 7 rings (SSSR count). The maximum Gasteiger partial charge on any atom is 0.343 e. The molecule has 0 spiro atoms. The van der Waals surface area contributed by atoms with E-state index in [1.807, 2.05) is 121 Å². The molecule has 5 aromatic carbocycles. The van der Waals surface area contributed by atoms with Crippen molar-refractivity contribution in [1.82, 2.24) is 0 Å². The van der Waals surface area contributed by atoms with Gasteiger partial charge >= 0.3 is 5.97 Å². The summed E-state index contributed by atoms with van der Waals surface area (Å²) in [5.74, 6) is -0.843. The molecular weight excluding hydrogens is 684 g/mol. The molecule has 0 saturated heterocycles. The van der Waals surface area contributed by atoms with E-state index in [1.54, 1.807) is 30.3 Å². The Morgan fingerprint density at radius 3 is 1.63 bits per heavy atom. The van der Waals surface area contributed by atoms with Gasteiger partial charge in [-0.25, -0.2) is 13.2 Å². The fourth-order valence-corrected chi connectivity index (χ4v) is 15.4. The van der Waals surface area contributed by atoms with Crippen LogP contribution in [0.15, 0.2) is 157 Å². The first-order valence-corrected chi connectivity index (χ1v) is 21.5. The minimum absolute atomic E-state index is 0.120. The largest absolute Gasteiger partial charge is 0.458 e. The van der Waals surface area contributed by atoms with Crippen molar-refractivity contribution in [2.24, 2.45) is 16.7 Å². The number of aryl methyl sites for hydroxylation is 1. The Hall–Kier alpha value is -4.51. The van der Waals surface area contributed by atoms with Crippen molar-refractivity contribution < 1.29 is 22.7 Å². The summed E-state index contributed by atoms with van der Waals surface area (Å²) in [4.78, 5) is 30.7. The van der Waals surface area contributed by atoms with Gasteiger partial charge in [0.1, 0.15) is 11.4 Å². The molecule has 2 aliphatic carbocycles. The van der Waals surface area contributed by atoms with Crippen LogP contribution in [0.4, 0.5) is 0 Å². The summed E-state index contributed by atoms with van der Waals surface area (Å²) in [7, 11) is -3.72. The van der Waals surface area contributed by atoms with Crippen molar-refractivity contribution in [2.45, 2.75) is 57.0 Å². The van der Waals surface area contributed by atoms with Crippen LogP contribution >= 0.6 is 6.89 Å². The highest BCUT2D eigenvalue weighted by atomic mass is 32.2. The van der Waals surface area contributed by atoms with Crippen LogP contribution in [0.5, 0.6) is 0 Å². The van der Waals surface area contributed by atoms with Gasteiger partial charge in [0.25, 0.3) is 0 Å². The molecule has 2 aliphatic rings. The van der Waals surface area contributed by atoms with Crippen molar-refractivity contribution in [3.05, 3.63) is 157 Å². The lowest BCUT2D eigenvalue weighted by molar-refractivity contribution is -0.148. The van der Waals surface area contributed by atoms with E-state index >= 15 is 9.59 Å². The molecule has 2 fully saturated rings. The highest BCUT2D eigenvalue weighted by molar-refractivity contribution is 7.97. The lowest BCUT2D eigenvalue weighted by Gasteiger charge is -2.42. The van der Waals surface area contributed by atoms with Gasteiger partial charge < -0.3 is 4.74 Å².